The Bertz CT molecular complexity index is 1450. The molecule has 2 aromatic carbocycles. The van der Waals surface area contributed by atoms with E-state index in [1.165, 1.54) is 18.4 Å². The maximum Gasteiger partial charge on any atom is 0.354 e. The van der Waals surface area contributed by atoms with Crippen molar-refractivity contribution >= 4 is 55.8 Å². The fourth-order valence-electron chi connectivity index (χ4n) is 3.66. The molecule has 4 aromatic rings. The van der Waals surface area contributed by atoms with Crippen LogP contribution in [0.3, 0.4) is 0 Å². The number of carboxylic acids is 1. The Morgan fingerprint density at radius 2 is 1.88 bits per heavy atom. The summed E-state index contributed by atoms with van der Waals surface area (Å²) in [6, 6.07) is 11.8. The number of nitrogens with zero attached hydrogens (tertiary/aromatic N) is 2. The van der Waals surface area contributed by atoms with Gasteiger partial charge in [0.2, 0.25) is 0 Å². The maximum atomic E-state index is 13.1. The molecule has 11 heteroatoms. The van der Waals surface area contributed by atoms with Crippen molar-refractivity contribution in [3.05, 3.63) is 75.2 Å². The zero-order valence-electron chi connectivity index (χ0n) is 16.9. The van der Waals surface area contributed by atoms with Gasteiger partial charge in [0.15, 0.2) is 16.3 Å². The van der Waals surface area contributed by atoms with Gasteiger partial charge in [-0.3, -0.25) is 4.72 Å². The highest BCUT2D eigenvalue weighted by Crippen LogP contribution is 2.35. The summed E-state index contributed by atoms with van der Waals surface area (Å²) in [6.45, 7) is 3.10. The molecule has 0 atom stereocenters. The molecule has 2 aromatic heterocycles. The highest BCUT2D eigenvalue weighted by Gasteiger charge is 2.30. The van der Waals surface area contributed by atoms with E-state index in [-0.39, 0.29) is 34.3 Å². The predicted molar refractivity (Wildman–Crippen MR) is 121 cm³/mol. The molecule has 0 bridgehead atoms. The predicted octanol–water partition coefficient (Wildman–Crippen LogP) is 5.10. The van der Waals surface area contributed by atoms with Crippen molar-refractivity contribution in [2.45, 2.75) is 25.3 Å². The van der Waals surface area contributed by atoms with E-state index >= 15 is 0 Å². The molecule has 2 N–H and O–H groups in total. The summed E-state index contributed by atoms with van der Waals surface area (Å²) in [5.41, 5.74) is 1.14. The zero-order chi connectivity index (χ0) is 23.2. The fraction of sp³-hybridized carbons (Fsp3) is 0.143. The number of sulfonamides is 1. The number of anilines is 1. The Morgan fingerprint density at radius 3 is 2.50 bits per heavy atom. The number of carboxylic acid groups (broad SMARTS) is 1. The van der Waals surface area contributed by atoms with Crippen LogP contribution in [0.15, 0.2) is 51.9 Å². The number of hydrogen-bond acceptors (Lipinski definition) is 5. The molecule has 0 aliphatic rings. The summed E-state index contributed by atoms with van der Waals surface area (Å²) in [7, 11) is -4.17. The van der Waals surface area contributed by atoms with Crippen LogP contribution in [0, 0.1) is 13.8 Å². The van der Waals surface area contributed by atoms with Crippen molar-refractivity contribution in [3.8, 4) is 0 Å². The molecule has 8 nitrogen and oxygen atoms in total. The summed E-state index contributed by atoms with van der Waals surface area (Å²) in [5.74, 6) is -1.19. The van der Waals surface area contributed by atoms with Gasteiger partial charge in [-0.15, -0.1) is 0 Å². The monoisotopic (exact) mass is 493 g/mol. The van der Waals surface area contributed by atoms with E-state index in [9.17, 15) is 18.3 Å². The molecule has 0 aliphatic heterocycles. The van der Waals surface area contributed by atoms with Crippen molar-refractivity contribution in [1.29, 1.82) is 0 Å². The largest absolute Gasteiger partial charge is 0.477 e. The Hall–Kier alpha value is -3.01. The number of aryl methyl sites for hydroxylation is 2. The minimum atomic E-state index is -4.17. The van der Waals surface area contributed by atoms with Crippen LogP contribution in [-0.4, -0.2) is 29.2 Å². The number of hydrogen-bond donors (Lipinski definition) is 2. The third-order valence-corrected chi connectivity index (χ3v) is 7.30. The first-order valence-electron chi connectivity index (χ1n) is 9.34. The number of benzene rings is 2. The average Bonchev–Trinajstić information content (AvgIpc) is 3.22. The van der Waals surface area contributed by atoms with Crippen molar-refractivity contribution in [3.63, 3.8) is 0 Å². The van der Waals surface area contributed by atoms with Crippen molar-refractivity contribution in [2.24, 2.45) is 0 Å². The lowest BCUT2D eigenvalue weighted by atomic mass is 10.2. The lowest BCUT2D eigenvalue weighted by molar-refractivity contribution is 0.0687. The van der Waals surface area contributed by atoms with Gasteiger partial charge in [-0.2, -0.15) is 0 Å². The van der Waals surface area contributed by atoms with Crippen LogP contribution < -0.4 is 4.72 Å². The highest BCUT2D eigenvalue weighted by molar-refractivity contribution is 7.92. The zero-order valence-corrected chi connectivity index (χ0v) is 19.2. The van der Waals surface area contributed by atoms with E-state index in [0.717, 1.165) is 0 Å². The lowest BCUT2D eigenvalue weighted by Crippen LogP contribution is -2.18. The molecule has 0 saturated carbocycles. The number of aromatic carboxylic acids is 1. The van der Waals surface area contributed by atoms with Gasteiger partial charge >= 0.3 is 5.97 Å². The number of carbonyl (C=O) groups is 1. The Balaban J connectivity index is 1.91. The van der Waals surface area contributed by atoms with E-state index in [1.807, 2.05) is 0 Å². The first-order valence-corrected chi connectivity index (χ1v) is 11.6. The number of nitrogens with one attached hydrogen (secondary N) is 1. The van der Waals surface area contributed by atoms with Crippen molar-refractivity contribution in [1.82, 2.24) is 9.72 Å². The first kappa shape index (κ1) is 22.2. The number of aromatic nitrogens is 2. The number of para-hydroxylation sites is 1. The van der Waals surface area contributed by atoms with Gasteiger partial charge in [0.05, 0.1) is 21.2 Å². The van der Waals surface area contributed by atoms with E-state index in [1.54, 1.807) is 42.5 Å². The van der Waals surface area contributed by atoms with Crippen LogP contribution in [0.1, 0.15) is 27.5 Å². The Morgan fingerprint density at radius 1 is 1.16 bits per heavy atom. The minimum absolute atomic E-state index is 0.0480. The molecule has 0 saturated heterocycles. The molecule has 4 rings (SSSR count). The Labute approximate surface area is 193 Å². The van der Waals surface area contributed by atoms with Crippen LogP contribution in [0.2, 0.25) is 10.0 Å². The van der Waals surface area contributed by atoms with Crippen molar-refractivity contribution in [2.75, 3.05) is 4.72 Å². The molecule has 0 aliphatic carbocycles. The molecule has 0 amide bonds. The molecular weight excluding hydrogens is 477 g/mol. The van der Waals surface area contributed by atoms with Gasteiger partial charge in [-0.25, -0.2) is 13.2 Å². The van der Waals surface area contributed by atoms with Gasteiger partial charge < -0.3 is 14.2 Å². The number of fused-ring (bicyclic) bond motifs is 1. The van der Waals surface area contributed by atoms with E-state index < -0.39 is 16.0 Å². The summed E-state index contributed by atoms with van der Waals surface area (Å²) in [6.07, 6.45) is 0. The minimum Gasteiger partial charge on any atom is -0.477 e. The second kappa shape index (κ2) is 8.16. The van der Waals surface area contributed by atoms with Crippen LogP contribution in [0.4, 0.5) is 5.69 Å². The van der Waals surface area contributed by atoms with E-state index in [4.69, 9.17) is 27.7 Å². The smallest absolute Gasteiger partial charge is 0.354 e. The molecule has 0 unspecified atom stereocenters. The van der Waals surface area contributed by atoms with Gasteiger partial charge in [0.25, 0.3) is 10.0 Å². The second-order valence-corrected chi connectivity index (χ2v) is 9.57. The molecule has 0 radical (unpaired) electrons. The molecule has 32 heavy (non-hydrogen) atoms. The third-order valence-electron chi connectivity index (χ3n) is 4.97. The van der Waals surface area contributed by atoms with Crippen molar-refractivity contribution < 1.29 is 22.8 Å². The summed E-state index contributed by atoms with van der Waals surface area (Å²) in [5, 5.41) is 14.8. The van der Waals surface area contributed by atoms with E-state index in [2.05, 4.69) is 9.88 Å². The Kier molecular flexibility index (Phi) is 5.66. The highest BCUT2D eigenvalue weighted by atomic mass is 35.5. The van der Waals surface area contributed by atoms with Crippen LogP contribution >= 0.6 is 23.2 Å². The third kappa shape index (κ3) is 3.83. The number of rotatable bonds is 6. The summed E-state index contributed by atoms with van der Waals surface area (Å²) in [4.78, 5) is 12.2. The molecule has 2 heterocycles. The van der Waals surface area contributed by atoms with Crippen LogP contribution in [-0.2, 0) is 16.6 Å². The topological polar surface area (TPSA) is 114 Å². The van der Waals surface area contributed by atoms with Gasteiger partial charge in [0, 0.05) is 11.9 Å². The maximum absolute atomic E-state index is 13.1. The molecular formula is C21H17Cl2N3O5S. The van der Waals surface area contributed by atoms with Crippen LogP contribution in [0.25, 0.3) is 10.9 Å². The normalized spacial score (nSPS) is 11.8. The molecule has 166 valence electrons. The summed E-state index contributed by atoms with van der Waals surface area (Å²) < 4.78 is 35.2. The summed E-state index contributed by atoms with van der Waals surface area (Å²) >= 11 is 12.1. The fourth-order valence-corrected chi connectivity index (χ4v) is 5.40. The van der Waals surface area contributed by atoms with E-state index in [0.29, 0.717) is 26.5 Å². The quantitative estimate of drug-likeness (QED) is 0.386. The van der Waals surface area contributed by atoms with Crippen LogP contribution in [0.5, 0.6) is 0 Å². The standard InChI is InChI=1S/C21H17Cl2N3O5S/c1-11-20(12(2)31-24-11)32(29,30)25-18-14-5-3-4-6-17(14)26(19(18)21(27)28)10-13-7-8-15(22)16(23)9-13/h3-9,25H,10H2,1-2H3,(H,27,28). The molecule has 0 spiro atoms. The second-order valence-electron chi connectivity index (χ2n) is 7.14. The van der Waals surface area contributed by atoms with Gasteiger partial charge in [0.1, 0.15) is 5.69 Å². The SMILES string of the molecule is Cc1noc(C)c1S(=O)(=O)Nc1c(C(=O)O)n(Cc2ccc(Cl)c(Cl)c2)c2ccccc12. The van der Waals surface area contributed by atoms with Gasteiger partial charge in [-0.05, 0) is 37.6 Å². The first-order chi connectivity index (χ1) is 15.1. The average molecular weight is 494 g/mol. The molecule has 0 fully saturated rings. The lowest BCUT2D eigenvalue weighted by Gasteiger charge is -2.11. The number of halogens is 2. The van der Waals surface area contributed by atoms with Gasteiger partial charge in [-0.1, -0.05) is 52.6 Å².